The molecule has 1 aliphatic heterocycles. The number of carbonyl (C=O) groups excluding carboxylic acids is 1. The monoisotopic (exact) mass is 520 g/mol. The highest BCUT2D eigenvalue weighted by molar-refractivity contribution is 5.94. The number of nitriles is 1. The largest absolute Gasteiger partial charge is 0.416 e. The number of benzene rings is 2. The summed E-state index contributed by atoms with van der Waals surface area (Å²) >= 11 is 0. The molecule has 0 spiro atoms. The first-order valence-corrected chi connectivity index (χ1v) is 11.7. The number of rotatable bonds is 6. The summed E-state index contributed by atoms with van der Waals surface area (Å²) < 4.78 is 40.1. The van der Waals surface area contributed by atoms with Crippen molar-refractivity contribution in [3.63, 3.8) is 0 Å². The summed E-state index contributed by atoms with van der Waals surface area (Å²) in [6, 6.07) is 12.8. The van der Waals surface area contributed by atoms with Crippen molar-refractivity contribution in [1.29, 1.82) is 5.26 Å². The lowest BCUT2D eigenvalue weighted by molar-refractivity contribution is -0.137. The number of anilines is 2. The molecule has 0 aliphatic carbocycles. The van der Waals surface area contributed by atoms with Gasteiger partial charge in [-0.1, -0.05) is 0 Å². The minimum absolute atomic E-state index is 0.0606. The molecule has 2 aromatic carbocycles. The molecular formula is C27H23F3N6O2. The summed E-state index contributed by atoms with van der Waals surface area (Å²) in [5.41, 5.74) is 4.03. The van der Waals surface area contributed by atoms with Gasteiger partial charge in [0.2, 0.25) is 5.95 Å². The van der Waals surface area contributed by atoms with Gasteiger partial charge in [0.05, 0.1) is 40.7 Å². The third kappa shape index (κ3) is 5.47. The predicted molar refractivity (Wildman–Crippen MR) is 135 cm³/mol. The first-order chi connectivity index (χ1) is 18.1. The second-order valence-corrected chi connectivity index (χ2v) is 8.65. The first-order valence-electron chi connectivity index (χ1n) is 11.7. The number of hydrazine groups is 1. The molecule has 11 heteroatoms. The lowest BCUT2D eigenvalue weighted by Gasteiger charge is -2.30. The van der Waals surface area contributed by atoms with Crippen LogP contribution in [0.4, 0.5) is 24.8 Å². The Hall–Kier alpha value is -4.77. The first kappa shape index (κ1) is 26.3. The number of nitrogens with zero attached hydrogens (tertiary/aromatic N) is 5. The third-order valence-electron chi connectivity index (χ3n) is 6.19. The molecule has 4 rings (SSSR count). The standard InChI is InChI=1S/C27H23F3N6O2/c1-3-4-14-36-25(38)22-17-35(24(37)19-7-5-18(16-31)6-8-19)15-13-23(22)32-26(36)33-34(2)21-11-9-20(10-12-21)27(28,29)30/h1,5-12H,4,13-15,17H2,2H3,(H,32,33). The zero-order valence-corrected chi connectivity index (χ0v) is 20.4. The lowest BCUT2D eigenvalue weighted by atomic mass is 10.0. The molecule has 0 saturated heterocycles. The van der Waals surface area contributed by atoms with E-state index in [-0.39, 0.29) is 36.9 Å². The van der Waals surface area contributed by atoms with E-state index in [1.807, 2.05) is 6.07 Å². The summed E-state index contributed by atoms with van der Waals surface area (Å²) in [5.74, 6) is 2.42. The van der Waals surface area contributed by atoms with Crippen LogP contribution in [-0.4, -0.2) is 34.0 Å². The van der Waals surface area contributed by atoms with Crippen LogP contribution in [0.2, 0.25) is 0 Å². The zero-order chi connectivity index (χ0) is 27.4. The van der Waals surface area contributed by atoms with Crippen LogP contribution in [0.3, 0.4) is 0 Å². The van der Waals surface area contributed by atoms with Gasteiger partial charge in [0.1, 0.15) is 0 Å². The predicted octanol–water partition coefficient (Wildman–Crippen LogP) is 3.82. The normalized spacial score (nSPS) is 12.7. The number of terminal acetylenes is 1. The van der Waals surface area contributed by atoms with Crippen LogP contribution < -0.4 is 16.0 Å². The van der Waals surface area contributed by atoms with E-state index in [1.165, 1.54) is 21.7 Å². The molecule has 2 heterocycles. The molecular weight excluding hydrogens is 497 g/mol. The Bertz CT molecular complexity index is 1480. The fourth-order valence-electron chi connectivity index (χ4n) is 4.12. The van der Waals surface area contributed by atoms with Crippen LogP contribution in [-0.2, 0) is 25.7 Å². The number of fused-ring (bicyclic) bond motifs is 1. The Morgan fingerprint density at radius 1 is 1.18 bits per heavy atom. The number of alkyl halides is 3. The van der Waals surface area contributed by atoms with Gasteiger partial charge in [-0.2, -0.15) is 18.4 Å². The van der Waals surface area contributed by atoms with Gasteiger partial charge in [-0.05, 0) is 48.5 Å². The number of carbonyl (C=O) groups is 1. The van der Waals surface area contributed by atoms with E-state index in [2.05, 4.69) is 16.3 Å². The highest BCUT2D eigenvalue weighted by atomic mass is 19.4. The summed E-state index contributed by atoms with van der Waals surface area (Å²) in [5, 5.41) is 10.4. The van der Waals surface area contributed by atoms with Crippen LogP contribution >= 0.6 is 0 Å². The molecule has 38 heavy (non-hydrogen) atoms. The van der Waals surface area contributed by atoms with Gasteiger partial charge in [0.25, 0.3) is 11.5 Å². The minimum atomic E-state index is -4.45. The number of aromatic nitrogens is 2. The molecule has 0 radical (unpaired) electrons. The molecule has 8 nitrogen and oxygen atoms in total. The van der Waals surface area contributed by atoms with Crippen molar-refractivity contribution in [2.75, 3.05) is 24.0 Å². The smallest absolute Gasteiger partial charge is 0.334 e. The molecule has 0 atom stereocenters. The highest BCUT2D eigenvalue weighted by Crippen LogP contribution is 2.30. The Labute approximate surface area is 216 Å². The van der Waals surface area contributed by atoms with E-state index in [9.17, 15) is 22.8 Å². The number of hydrogen-bond donors (Lipinski definition) is 1. The summed E-state index contributed by atoms with van der Waals surface area (Å²) in [6.45, 7) is 0.550. The van der Waals surface area contributed by atoms with Crippen LogP contribution in [0, 0.1) is 23.7 Å². The van der Waals surface area contributed by atoms with Gasteiger partial charge in [-0.15, -0.1) is 12.3 Å². The van der Waals surface area contributed by atoms with E-state index < -0.39 is 11.7 Å². The average Bonchev–Trinajstić information content (AvgIpc) is 2.92. The molecule has 0 fully saturated rings. The fourth-order valence-corrected chi connectivity index (χ4v) is 4.12. The minimum Gasteiger partial charge on any atom is -0.334 e. The number of amides is 1. The second kappa shape index (κ2) is 10.7. The van der Waals surface area contributed by atoms with E-state index in [4.69, 9.17) is 11.7 Å². The molecule has 194 valence electrons. The zero-order valence-electron chi connectivity index (χ0n) is 20.4. The Kier molecular flexibility index (Phi) is 7.40. The number of hydrogen-bond acceptors (Lipinski definition) is 6. The molecule has 0 bridgehead atoms. The summed E-state index contributed by atoms with van der Waals surface area (Å²) in [4.78, 5) is 32.7. The molecule has 0 saturated carbocycles. The maximum Gasteiger partial charge on any atom is 0.416 e. The van der Waals surface area contributed by atoms with Crippen LogP contribution in [0.15, 0.2) is 53.3 Å². The van der Waals surface area contributed by atoms with Gasteiger partial charge in [-0.3, -0.25) is 24.6 Å². The Morgan fingerprint density at radius 2 is 1.87 bits per heavy atom. The maximum atomic E-state index is 13.5. The molecule has 1 N–H and O–H groups in total. The van der Waals surface area contributed by atoms with E-state index >= 15 is 0 Å². The van der Waals surface area contributed by atoms with E-state index in [0.717, 1.165) is 12.1 Å². The van der Waals surface area contributed by atoms with Crippen molar-refractivity contribution in [3.8, 4) is 18.4 Å². The van der Waals surface area contributed by atoms with Crippen molar-refractivity contribution in [1.82, 2.24) is 14.5 Å². The Balaban J connectivity index is 1.61. The quantitative estimate of drug-likeness (QED) is 0.392. The van der Waals surface area contributed by atoms with Gasteiger partial charge in [0.15, 0.2) is 0 Å². The van der Waals surface area contributed by atoms with Gasteiger partial charge < -0.3 is 4.90 Å². The van der Waals surface area contributed by atoms with E-state index in [0.29, 0.717) is 41.0 Å². The maximum absolute atomic E-state index is 13.5. The van der Waals surface area contributed by atoms with Crippen molar-refractivity contribution in [3.05, 3.63) is 86.8 Å². The van der Waals surface area contributed by atoms with Crippen molar-refractivity contribution < 1.29 is 18.0 Å². The molecule has 3 aromatic rings. The van der Waals surface area contributed by atoms with Gasteiger partial charge in [-0.25, -0.2) is 4.98 Å². The van der Waals surface area contributed by atoms with Gasteiger partial charge in [0, 0.05) is 38.5 Å². The van der Waals surface area contributed by atoms with Crippen molar-refractivity contribution in [2.24, 2.45) is 0 Å². The molecule has 0 unspecified atom stereocenters. The van der Waals surface area contributed by atoms with Crippen LogP contribution in [0.1, 0.15) is 39.2 Å². The van der Waals surface area contributed by atoms with Crippen molar-refractivity contribution in [2.45, 2.75) is 32.1 Å². The van der Waals surface area contributed by atoms with E-state index in [1.54, 1.807) is 36.2 Å². The summed E-state index contributed by atoms with van der Waals surface area (Å²) in [6.07, 6.45) is 1.55. The number of nitrogens with one attached hydrogen (secondary N) is 1. The number of halogens is 3. The topological polar surface area (TPSA) is 94.3 Å². The highest BCUT2D eigenvalue weighted by Gasteiger charge is 2.30. The lowest BCUT2D eigenvalue weighted by Crippen LogP contribution is -2.42. The van der Waals surface area contributed by atoms with Crippen LogP contribution in [0.5, 0.6) is 0 Å². The molecule has 1 aliphatic rings. The van der Waals surface area contributed by atoms with Gasteiger partial charge >= 0.3 is 6.18 Å². The Morgan fingerprint density at radius 3 is 2.47 bits per heavy atom. The molecule has 1 amide bonds. The summed E-state index contributed by atoms with van der Waals surface area (Å²) in [7, 11) is 1.59. The average molecular weight is 521 g/mol. The SMILES string of the molecule is C#CCCn1c(NN(C)c2ccc(C(F)(F)F)cc2)nc2c(c1=O)CN(C(=O)c1ccc(C#N)cc1)CC2. The van der Waals surface area contributed by atoms with Crippen molar-refractivity contribution >= 4 is 17.5 Å². The third-order valence-corrected chi connectivity index (χ3v) is 6.19. The van der Waals surface area contributed by atoms with Crippen LogP contribution in [0.25, 0.3) is 0 Å². The fraction of sp³-hybridized carbons (Fsp3) is 0.259. The second-order valence-electron chi connectivity index (χ2n) is 8.65. The molecule has 1 aromatic heterocycles.